The molecule has 0 aliphatic rings. The van der Waals surface area contributed by atoms with Crippen LogP contribution in [0.3, 0.4) is 0 Å². The van der Waals surface area contributed by atoms with Gasteiger partial charge in [0, 0.05) is 5.56 Å². The summed E-state index contributed by atoms with van der Waals surface area (Å²) >= 11 is 0. The molecule has 2 amide bonds. The number of carbonyl (C=O) groups excluding carboxylic acids is 2. The molecule has 0 unspecified atom stereocenters. The van der Waals surface area contributed by atoms with Crippen molar-refractivity contribution in [2.24, 2.45) is 5.10 Å². The van der Waals surface area contributed by atoms with Gasteiger partial charge in [0.05, 0.1) is 27.0 Å². The highest BCUT2D eigenvalue weighted by molar-refractivity contribution is 5.97. The van der Waals surface area contributed by atoms with Crippen molar-refractivity contribution >= 4 is 18.0 Å². The van der Waals surface area contributed by atoms with E-state index in [-0.39, 0.29) is 6.54 Å². The molecule has 0 saturated heterocycles. The summed E-state index contributed by atoms with van der Waals surface area (Å²) in [5.41, 5.74) is 4.86. The summed E-state index contributed by atoms with van der Waals surface area (Å²) in [6.45, 7) is 4.05. The van der Waals surface area contributed by atoms with Gasteiger partial charge in [0.2, 0.25) is 0 Å². The summed E-state index contributed by atoms with van der Waals surface area (Å²) < 4.78 is 10.3. The van der Waals surface area contributed by atoms with E-state index < -0.39 is 11.8 Å². The normalized spacial score (nSPS) is 10.8. The van der Waals surface area contributed by atoms with Gasteiger partial charge in [0.25, 0.3) is 11.8 Å². The molecule has 0 saturated carbocycles. The number of hydrogen-bond donors (Lipinski definition) is 2. The average Bonchev–Trinajstić information content (AvgIpc) is 2.71. The lowest BCUT2D eigenvalue weighted by molar-refractivity contribution is -0.120. The molecule has 7 nitrogen and oxygen atoms in total. The van der Waals surface area contributed by atoms with E-state index in [4.69, 9.17) is 9.47 Å². The van der Waals surface area contributed by atoms with Gasteiger partial charge in [-0.2, -0.15) is 5.10 Å². The molecule has 0 aliphatic carbocycles. The van der Waals surface area contributed by atoms with Gasteiger partial charge in [-0.05, 0) is 35.2 Å². The predicted molar refractivity (Wildman–Crippen MR) is 108 cm³/mol. The predicted octanol–water partition coefficient (Wildman–Crippen LogP) is 2.71. The summed E-state index contributed by atoms with van der Waals surface area (Å²) in [5.74, 6) is 0.591. The Morgan fingerprint density at radius 3 is 2.32 bits per heavy atom. The molecule has 0 fully saturated rings. The Morgan fingerprint density at radius 2 is 1.71 bits per heavy atom. The van der Waals surface area contributed by atoms with Crippen LogP contribution in [0.2, 0.25) is 0 Å². The van der Waals surface area contributed by atoms with E-state index in [1.807, 2.05) is 24.3 Å². The lowest BCUT2D eigenvalue weighted by Crippen LogP contribution is -2.34. The Bertz CT molecular complexity index is 845. The lowest BCUT2D eigenvalue weighted by Gasteiger charge is -2.09. The minimum absolute atomic E-state index is 0.198. The van der Waals surface area contributed by atoms with Crippen molar-refractivity contribution in [1.29, 1.82) is 0 Å². The minimum Gasteiger partial charge on any atom is -0.493 e. The van der Waals surface area contributed by atoms with Crippen molar-refractivity contribution < 1.29 is 19.1 Å². The molecule has 0 aromatic heterocycles. The van der Waals surface area contributed by atoms with Gasteiger partial charge in [0.15, 0.2) is 11.5 Å². The van der Waals surface area contributed by atoms with Gasteiger partial charge in [-0.1, -0.05) is 38.1 Å². The highest BCUT2D eigenvalue weighted by atomic mass is 16.5. The first-order chi connectivity index (χ1) is 13.4. The van der Waals surface area contributed by atoms with E-state index in [9.17, 15) is 9.59 Å². The Balaban J connectivity index is 1.84. The van der Waals surface area contributed by atoms with E-state index in [1.165, 1.54) is 19.8 Å². The Morgan fingerprint density at radius 1 is 1.04 bits per heavy atom. The Hall–Kier alpha value is -3.35. The fourth-order valence-electron chi connectivity index (χ4n) is 2.43. The molecule has 28 heavy (non-hydrogen) atoms. The van der Waals surface area contributed by atoms with E-state index in [2.05, 4.69) is 29.7 Å². The zero-order chi connectivity index (χ0) is 20.5. The fraction of sp³-hybridized carbons (Fsp3) is 0.286. The number of hydrazone groups is 1. The first kappa shape index (κ1) is 21.0. The number of hydrogen-bond acceptors (Lipinski definition) is 5. The van der Waals surface area contributed by atoms with Gasteiger partial charge in [-0.3, -0.25) is 9.59 Å². The molecule has 2 rings (SSSR count). The quantitative estimate of drug-likeness (QED) is 0.542. The highest BCUT2D eigenvalue weighted by Crippen LogP contribution is 2.27. The van der Waals surface area contributed by atoms with E-state index in [0.717, 1.165) is 5.56 Å². The third kappa shape index (κ3) is 5.84. The zero-order valence-electron chi connectivity index (χ0n) is 16.5. The minimum atomic E-state index is -0.427. The van der Waals surface area contributed by atoms with Crippen LogP contribution in [0.1, 0.15) is 41.3 Å². The van der Waals surface area contributed by atoms with Gasteiger partial charge in [0.1, 0.15) is 0 Å². The smallest absolute Gasteiger partial charge is 0.259 e. The van der Waals surface area contributed by atoms with Crippen LogP contribution in [0, 0.1) is 0 Å². The van der Waals surface area contributed by atoms with Crippen LogP contribution in [-0.4, -0.2) is 38.8 Å². The maximum absolute atomic E-state index is 12.2. The van der Waals surface area contributed by atoms with Crippen LogP contribution in [0.25, 0.3) is 0 Å². The van der Waals surface area contributed by atoms with Crippen molar-refractivity contribution in [3.05, 3.63) is 59.2 Å². The van der Waals surface area contributed by atoms with E-state index in [1.54, 1.807) is 24.4 Å². The molecule has 2 N–H and O–H groups in total. The van der Waals surface area contributed by atoms with Gasteiger partial charge in [-0.25, -0.2) is 5.43 Å². The lowest BCUT2D eigenvalue weighted by atomic mass is 10.0. The van der Waals surface area contributed by atoms with Crippen molar-refractivity contribution in [3.8, 4) is 11.5 Å². The molecular weight excluding hydrogens is 358 g/mol. The maximum Gasteiger partial charge on any atom is 0.259 e. The van der Waals surface area contributed by atoms with Gasteiger partial charge >= 0.3 is 0 Å². The molecule has 2 aromatic carbocycles. The zero-order valence-corrected chi connectivity index (χ0v) is 16.5. The highest BCUT2D eigenvalue weighted by Gasteiger charge is 2.11. The average molecular weight is 383 g/mol. The monoisotopic (exact) mass is 383 g/mol. The number of amides is 2. The first-order valence-electron chi connectivity index (χ1n) is 8.86. The molecule has 7 heteroatoms. The number of ether oxygens (including phenoxy) is 2. The Labute approximate surface area is 164 Å². The molecule has 0 aliphatic heterocycles. The third-order valence-corrected chi connectivity index (χ3v) is 4.06. The van der Waals surface area contributed by atoms with Crippen molar-refractivity contribution in [2.75, 3.05) is 20.8 Å². The summed E-state index contributed by atoms with van der Waals surface area (Å²) in [6, 6.07) is 12.7. The molecule has 0 heterocycles. The molecule has 148 valence electrons. The molecule has 0 atom stereocenters. The summed E-state index contributed by atoms with van der Waals surface area (Å²) in [4.78, 5) is 24.0. The number of carbonyl (C=O) groups is 2. The topological polar surface area (TPSA) is 89.0 Å². The number of nitrogens with zero attached hydrogens (tertiary/aromatic N) is 1. The second-order valence-electron chi connectivity index (χ2n) is 6.37. The third-order valence-electron chi connectivity index (χ3n) is 4.06. The number of benzene rings is 2. The number of rotatable bonds is 8. The van der Waals surface area contributed by atoms with Crippen LogP contribution in [0.5, 0.6) is 11.5 Å². The van der Waals surface area contributed by atoms with Gasteiger partial charge in [-0.15, -0.1) is 0 Å². The molecule has 0 radical (unpaired) electrons. The number of nitrogens with one attached hydrogen (secondary N) is 2. The van der Waals surface area contributed by atoms with Crippen molar-refractivity contribution in [2.45, 2.75) is 19.8 Å². The van der Waals surface area contributed by atoms with Crippen LogP contribution in [0.4, 0.5) is 0 Å². The molecule has 0 spiro atoms. The van der Waals surface area contributed by atoms with Crippen LogP contribution >= 0.6 is 0 Å². The SMILES string of the molecule is COc1ccc(C(=O)NCC(=O)N/N=C/c2ccc(C(C)C)cc2)cc1OC. The van der Waals surface area contributed by atoms with Crippen LogP contribution in [0.15, 0.2) is 47.6 Å². The summed E-state index contributed by atoms with van der Waals surface area (Å²) in [5, 5.41) is 6.44. The van der Waals surface area contributed by atoms with Crippen LogP contribution in [-0.2, 0) is 4.79 Å². The summed E-state index contributed by atoms with van der Waals surface area (Å²) in [6.07, 6.45) is 1.55. The van der Waals surface area contributed by atoms with Crippen molar-refractivity contribution in [3.63, 3.8) is 0 Å². The van der Waals surface area contributed by atoms with Gasteiger partial charge < -0.3 is 14.8 Å². The standard InChI is InChI=1S/C21H25N3O4/c1-14(2)16-7-5-15(6-8-16)12-23-24-20(25)13-22-21(26)17-9-10-18(27-3)19(11-17)28-4/h5-12,14H,13H2,1-4H3,(H,22,26)(H,24,25)/b23-12+. The van der Waals surface area contributed by atoms with Crippen molar-refractivity contribution in [1.82, 2.24) is 10.7 Å². The van der Waals surface area contributed by atoms with Crippen LogP contribution < -0.4 is 20.2 Å². The largest absolute Gasteiger partial charge is 0.493 e. The molecular formula is C21H25N3O4. The molecule has 0 bridgehead atoms. The van der Waals surface area contributed by atoms with E-state index >= 15 is 0 Å². The maximum atomic E-state index is 12.2. The second-order valence-corrected chi connectivity index (χ2v) is 6.37. The Kier molecular flexibility index (Phi) is 7.56. The fourth-order valence-corrected chi connectivity index (χ4v) is 2.43. The first-order valence-corrected chi connectivity index (χ1v) is 8.86. The van der Waals surface area contributed by atoms with E-state index in [0.29, 0.717) is 23.0 Å². The number of methoxy groups -OCH3 is 2. The summed E-state index contributed by atoms with van der Waals surface area (Å²) in [7, 11) is 3.00. The molecule has 2 aromatic rings. The second kappa shape index (κ2) is 10.1.